The fourth-order valence-corrected chi connectivity index (χ4v) is 0.742. The van der Waals surface area contributed by atoms with Crippen molar-refractivity contribution in [2.75, 3.05) is 0 Å². The molecule has 1 N–H and O–H groups in total. The Morgan fingerprint density at radius 3 is 2.27 bits per heavy atom. The van der Waals surface area contributed by atoms with Gasteiger partial charge in [0.25, 0.3) is 0 Å². The molecule has 0 spiro atoms. The molecular formula is C10H17O. The third-order valence-electron chi connectivity index (χ3n) is 1.79. The van der Waals surface area contributed by atoms with Gasteiger partial charge >= 0.3 is 0 Å². The van der Waals surface area contributed by atoms with Gasteiger partial charge in [-0.15, -0.1) is 5.92 Å². The van der Waals surface area contributed by atoms with E-state index in [9.17, 15) is 5.11 Å². The summed E-state index contributed by atoms with van der Waals surface area (Å²) in [6, 6.07) is 0. The van der Waals surface area contributed by atoms with E-state index in [2.05, 4.69) is 18.8 Å². The summed E-state index contributed by atoms with van der Waals surface area (Å²) >= 11 is 0. The molecule has 11 heavy (non-hydrogen) atoms. The molecule has 0 aliphatic heterocycles. The molecule has 1 nitrogen and oxygen atoms in total. The maximum atomic E-state index is 9.66. The van der Waals surface area contributed by atoms with Crippen molar-refractivity contribution in [2.24, 2.45) is 0 Å². The van der Waals surface area contributed by atoms with Crippen LogP contribution < -0.4 is 0 Å². The zero-order valence-electron chi connectivity index (χ0n) is 7.48. The third kappa shape index (κ3) is 4.06. The molecular weight excluding hydrogens is 136 g/mol. The van der Waals surface area contributed by atoms with Gasteiger partial charge in [-0.25, -0.2) is 0 Å². The van der Waals surface area contributed by atoms with Crippen LogP contribution in [0, 0.1) is 18.8 Å². The maximum Gasteiger partial charge on any atom is 0.125 e. The van der Waals surface area contributed by atoms with E-state index in [0.717, 1.165) is 12.8 Å². The molecule has 0 heterocycles. The average Bonchev–Trinajstić information content (AvgIpc) is 2.05. The highest BCUT2D eigenvalue weighted by Crippen LogP contribution is 2.12. The molecule has 0 atom stereocenters. The summed E-state index contributed by atoms with van der Waals surface area (Å²) in [7, 11) is 0. The molecule has 0 rings (SSSR count). The lowest BCUT2D eigenvalue weighted by molar-refractivity contribution is 0.0930. The van der Waals surface area contributed by atoms with Gasteiger partial charge < -0.3 is 5.11 Å². The average molecular weight is 153 g/mol. The lowest BCUT2D eigenvalue weighted by atomic mass is 9.98. The van der Waals surface area contributed by atoms with Crippen LogP contribution in [0.3, 0.4) is 0 Å². The lowest BCUT2D eigenvalue weighted by Gasteiger charge is -2.16. The summed E-state index contributed by atoms with van der Waals surface area (Å²) < 4.78 is 0. The highest BCUT2D eigenvalue weighted by molar-refractivity contribution is 5.12. The van der Waals surface area contributed by atoms with Crippen molar-refractivity contribution in [3.8, 4) is 11.8 Å². The van der Waals surface area contributed by atoms with Crippen LogP contribution in [0.1, 0.15) is 39.5 Å². The van der Waals surface area contributed by atoms with E-state index in [0.29, 0.717) is 12.8 Å². The van der Waals surface area contributed by atoms with Crippen LogP contribution in [0.15, 0.2) is 0 Å². The van der Waals surface area contributed by atoms with Crippen LogP contribution in [0.25, 0.3) is 0 Å². The minimum Gasteiger partial charge on any atom is -0.378 e. The number of rotatable bonds is 3. The highest BCUT2D eigenvalue weighted by atomic mass is 16.3. The van der Waals surface area contributed by atoms with Crippen molar-refractivity contribution >= 4 is 0 Å². The van der Waals surface area contributed by atoms with Gasteiger partial charge in [0.2, 0.25) is 0 Å². The van der Waals surface area contributed by atoms with Gasteiger partial charge in [-0.1, -0.05) is 26.7 Å². The number of hydrogen-bond donors (Lipinski definition) is 1. The summed E-state index contributed by atoms with van der Waals surface area (Å²) in [6.07, 6.45) is 3.00. The zero-order valence-corrected chi connectivity index (χ0v) is 7.48. The third-order valence-corrected chi connectivity index (χ3v) is 1.79. The summed E-state index contributed by atoms with van der Waals surface area (Å²) in [5.41, 5.74) is -0.755. The second-order valence-corrected chi connectivity index (χ2v) is 2.64. The number of aliphatic hydroxyl groups is 1. The molecule has 0 aliphatic carbocycles. The van der Waals surface area contributed by atoms with E-state index in [1.807, 2.05) is 13.8 Å². The summed E-state index contributed by atoms with van der Waals surface area (Å²) in [5, 5.41) is 9.66. The van der Waals surface area contributed by atoms with Crippen LogP contribution in [0.4, 0.5) is 0 Å². The Labute approximate surface area is 69.8 Å². The van der Waals surface area contributed by atoms with Crippen molar-refractivity contribution < 1.29 is 5.11 Å². The fraction of sp³-hybridized carbons (Fsp3) is 0.700. The van der Waals surface area contributed by atoms with Crippen molar-refractivity contribution in [3.63, 3.8) is 0 Å². The second kappa shape index (κ2) is 5.21. The Morgan fingerprint density at radius 1 is 1.36 bits per heavy atom. The lowest BCUT2D eigenvalue weighted by Crippen LogP contribution is -2.23. The van der Waals surface area contributed by atoms with Crippen molar-refractivity contribution in [1.82, 2.24) is 0 Å². The Morgan fingerprint density at radius 2 is 1.91 bits per heavy atom. The van der Waals surface area contributed by atoms with Gasteiger partial charge in [0.1, 0.15) is 5.60 Å². The van der Waals surface area contributed by atoms with Crippen LogP contribution in [0.5, 0.6) is 0 Å². The van der Waals surface area contributed by atoms with Crippen LogP contribution >= 0.6 is 0 Å². The van der Waals surface area contributed by atoms with Crippen LogP contribution in [0.2, 0.25) is 0 Å². The van der Waals surface area contributed by atoms with Crippen molar-refractivity contribution in [1.29, 1.82) is 0 Å². The van der Waals surface area contributed by atoms with Crippen molar-refractivity contribution in [2.45, 2.75) is 45.1 Å². The van der Waals surface area contributed by atoms with Gasteiger partial charge in [-0.2, -0.15) is 0 Å². The van der Waals surface area contributed by atoms with Gasteiger partial charge in [-0.05, 0) is 19.3 Å². The Hall–Kier alpha value is -0.480. The standard InChI is InChI=1S/C10H17O/c1-4-7-8-9-10(11,5-2)6-3/h11H,1,4-7H2,2-3H3. The quantitative estimate of drug-likeness (QED) is 0.616. The molecule has 0 aliphatic rings. The minimum atomic E-state index is -0.755. The predicted octanol–water partition coefficient (Wildman–Crippen LogP) is 2.16. The molecule has 0 bridgehead atoms. The van der Waals surface area contributed by atoms with Gasteiger partial charge in [-0.3, -0.25) is 0 Å². The van der Waals surface area contributed by atoms with Crippen molar-refractivity contribution in [3.05, 3.63) is 6.92 Å². The molecule has 0 aromatic carbocycles. The SMILES string of the molecule is [CH2]CCC#CC(O)(CC)CC. The number of unbranched alkanes of at least 4 members (excludes halogenated alkanes) is 1. The van der Waals surface area contributed by atoms with Crippen LogP contribution in [-0.4, -0.2) is 10.7 Å². The first kappa shape index (κ1) is 10.5. The molecule has 1 radical (unpaired) electrons. The number of hydrogen-bond acceptors (Lipinski definition) is 1. The van der Waals surface area contributed by atoms with Gasteiger partial charge in [0, 0.05) is 6.42 Å². The van der Waals surface area contributed by atoms with E-state index in [4.69, 9.17) is 0 Å². The topological polar surface area (TPSA) is 20.2 Å². The minimum absolute atomic E-state index is 0.702. The maximum absolute atomic E-state index is 9.66. The Kier molecular flexibility index (Phi) is 4.98. The highest BCUT2D eigenvalue weighted by Gasteiger charge is 2.17. The normalized spacial score (nSPS) is 10.5. The van der Waals surface area contributed by atoms with E-state index in [1.165, 1.54) is 0 Å². The van der Waals surface area contributed by atoms with E-state index in [-0.39, 0.29) is 0 Å². The molecule has 0 amide bonds. The summed E-state index contributed by atoms with van der Waals surface area (Å²) in [4.78, 5) is 0. The Balaban J connectivity index is 3.98. The molecule has 0 saturated carbocycles. The summed E-state index contributed by atoms with van der Waals surface area (Å²) in [6.45, 7) is 7.57. The van der Waals surface area contributed by atoms with Gasteiger partial charge in [0.05, 0.1) is 0 Å². The van der Waals surface area contributed by atoms with E-state index in [1.54, 1.807) is 0 Å². The molecule has 0 aromatic rings. The Bertz CT molecular complexity index is 146. The molecule has 0 fully saturated rings. The fourth-order valence-electron chi connectivity index (χ4n) is 0.742. The molecule has 0 saturated heterocycles. The zero-order chi connectivity index (χ0) is 8.74. The first-order valence-electron chi connectivity index (χ1n) is 4.20. The predicted molar refractivity (Wildman–Crippen MR) is 47.9 cm³/mol. The van der Waals surface area contributed by atoms with Gasteiger partial charge in [0.15, 0.2) is 0 Å². The monoisotopic (exact) mass is 153 g/mol. The second-order valence-electron chi connectivity index (χ2n) is 2.64. The van der Waals surface area contributed by atoms with E-state index < -0.39 is 5.60 Å². The van der Waals surface area contributed by atoms with E-state index >= 15 is 0 Å². The smallest absolute Gasteiger partial charge is 0.125 e. The summed E-state index contributed by atoms with van der Waals surface area (Å²) in [5.74, 6) is 5.78. The first-order valence-corrected chi connectivity index (χ1v) is 4.20. The first-order chi connectivity index (χ1) is 5.18. The van der Waals surface area contributed by atoms with Crippen LogP contribution in [-0.2, 0) is 0 Å². The molecule has 0 aromatic heterocycles. The largest absolute Gasteiger partial charge is 0.378 e. The molecule has 0 unspecified atom stereocenters. The molecule has 1 heteroatoms. The molecule has 63 valence electrons.